The van der Waals surface area contributed by atoms with Gasteiger partial charge in [-0.3, -0.25) is 14.2 Å². The van der Waals surface area contributed by atoms with Crippen molar-refractivity contribution in [3.05, 3.63) is 49.5 Å². The molecular formula is C22H27N3O5S. The molecule has 0 bridgehead atoms. The van der Waals surface area contributed by atoms with Crippen LogP contribution in [0.2, 0.25) is 0 Å². The van der Waals surface area contributed by atoms with E-state index in [1.54, 1.807) is 18.2 Å². The smallest absolute Gasteiger partial charge is 0.337 e. The summed E-state index contributed by atoms with van der Waals surface area (Å²) < 4.78 is 13.1. The molecule has 3 aromatic rings. The van der Waals surface area contributed by atoms with Crippen LogP contribution in [0.3, 0.4) is 0 Å². The predicted molar refractivity (Wildman–Crippen MR) is 122 cm³/mol. The topological polar surface area (TPSA) is 91.6 Å². The van der Waals surface area contributed by atoms with E-state index in [2.05, 4.69) is 5.32 Å². The fourth-order valence-corrected chi connectivity index (χ4v) is 4.52. The van der Waals surface area contributed by atoms with Crippen LogP contribution in [0.25, 0.3) is 15.9 Å². The summed E-state index contributed by atoms with van der Waals surface area (Å²) in [5, 5.41) is 3.27. The summed E-state index contributed by atoms with van der Waals surface area (Å²) in [6.45, 7) is 6.16. The highest BCUT2D eigenvalue weighted by molar-refractivity contribution is 7.18. The Morgan fingerprint density at radius 1 is 1.16 bits per heavy atom. The van der Waals surface area contributed by atoms with Crippen LogP contribution in [-0.4, -0.2) is 35.8 Å². The van der Waals surface area contributed by atoms with Crippen molar-refractivity contribution in [2.45, 2.75) is 40.2 Å². The first-order valence-electron chi connectivity index (χ1n) is 10.1. The number of hydrogen-bond acceptors (Lipinski definition) is 6. The van der Waals surface area contributed by atoms with Crippen molar-refractivity contribution in [1.82, 2.24) is 14.5 Å². The molecule has 2 heterocycles. The average Bonchev–Trinajstić information content (AvgIpc) is 3.06. The molecule has 0 radical (unpaired) electrons. The normalized spacial score (nSPS) is 11.0. The van der Waals surface area contributed by atoms with Gasteiger partial charge in [0.25, 0.3) is 5.56 Å². The second kappa shape index (κ2) is 9.38. The van der Waals surface area contributed by atoms with Gasteiger partial charge in [-0.15, -0.1) is 11.3 Å². The number of aryl methyl sites for hydroxylation is 2. The monoisotopic (exact) mass is 445 g/mol. The number of hydrogen-bond donors (Lipinski definition) is 1. The van der Waals surface area contributed by atoms with Gasteiger partial charge < -0.3 is 14.8 Å². The fourth-order valence-electron chi connectivity index (χ4n) is 3.38. The van der Waals surface area contributed by atoms with Crippen molar-refractivity contribution < 1.29 is 14.3 Å². The quantitative estimate of drug-likeness (QED) is 0.539. The Morgan fingerprint density at radius 2 is 1.90 bits per heavy atom. The summed E-state index contributed by atoms with van der Waals surface area (Å²) in [5.74, 6) is 0.585. The van der Waals surface area contributed by atoms with E-state index in [1.807, 2.05) is 20.8 Å². The zero-order valence-corrected chi connectivity index (χ0v) is 19.2. The maximum Gasteiger partial charge on any atom is 0.337 e. The molecule has 0 fully saturated rings. The van der Waals surface area contributed by atoms with E-state index in [1.165, 1.54) is 30.1 Å². The third-order valence-corrected chi connectivity index (χ3v) is 6.46. The number of aromatic nitrogens is 2. The van der Waals surface area contributed by atoms with Crippen LogP contribution in [0, 0.1) is 13.8 Å². The van der Waals surface area contributed by atoms with Gasteiger partial charge in [0.05, 0.1) is 25.3 Å². The van der Waals surface area contributed by atoms with Crippen LogP contribution >= 0.6 is 11.3 Å². The lowest BCUT2D eigenvalue weighted by Gasteiger charge is -2.15. The molecule has 0 aliphatic rings. The molecule has 166 valence electrons. The number of carbonyl (C=O) groups excluding carboxylic acids is 1. The maximum atomic E-state index is 13.5. The number of thiophene rings is 1. The molecule has 9 heteroatoms. The van der Waals surface area contributed by atoms with E-state index in [-0.39, 0.29) is 12.5 Å². The number of methoxy groups -OCH3 is 2. The van der Waals surface area contributed by atoms with Crippen molar-refractivity contribution in [3.63, 3.8) is 0 Å². The molecule has 1 aromatic carbocycles. The first-order chi connectivity index (χ1) is 14.8. The molecule has 0 saturated heterocycles. The van der Waals surface area contributed by atoms with E-state index < -0.39 is 11.2 Å². The highest BCUT2D eigenvalue weighted by atomic mass is 32.1. The molecule has 1 N–H and O–H groups in total. The number of nitrogens with one attached hydrogen (secondary N) is 1. The number of benzene rings is 1. The first-order valence-corrected chi connectivity index (χ1v) is 10.9. The van der Waals surface area contributed by atoms with Crippen molar-refractivity contribution in [2.75, 3.05) is 20.8 Å². The molecule has 0 spiro atoms. The third-order valence-electron chi connectivity index (χ3n) is 5.23. The van der Waals surface area contributed by atoms with Gasteiger partial charge in [0.15, 0.2) is 0 Å². The summed E-state index contributed by atoms with van der Waals surface area (Å²) in [6, 6.07) is 4.87. The highest BCUT2D eigenvalue weighted by Crippen LogP contribution is 2.29. The fraction of sp³-hybridized carbons (Fsp3) is 0.409. The second-order valence-electron chi connectivity index (χ2n) is 7.21. The number of carbonyl (C=O) groups is 1. The molecule has 0 atom stereocenters. The Kier molecular flexibility index (Phi) is 6.84. The van der Waals surface area contributed by atoms with Gasteiger partial charge in [-0.25, -0.2) is 9.36 Å². The van der Waals surface area contributed by atoms with E-state index in [4.69, 9.17) is 9.47 Å². The SMILES string of the molecule is CCCCNC(=O)Cn1c(=O)n(-c2ccc(OC)cc2OC)c(=O)c2c(C)c(C)sc21. The predicted octanol–water partition coefficient (Wildman–Crippen LogP) is 2.76. The van der Waals surface area contributed by atoms with Gasteiger partial charge in [0.2, 0.25) is 5.91 Å². The van der Waals surface area contributed by atoms with Crippen LogP contribution in [0.15, 0.2) is 27.8 Å². The summed E-state index contributed by atoms with van der Waals surface area (Å²) in [5.41, 5.74) is 0.0655. The summed E-state index contributed by atoms with van der Waals surface area (Å²) in [4.78, 5) is 40.8. The summed E-state index contributed by atoms with van der Waals surface area (Å²) in [6.07, 6.45) is 1.81. The molecule has 0 aliphatic carbocycles. The number of nitrogens with zero attached hydrogens (tertiary/aromatic N) is 2. The van der Waals surface area contributed by atoms with E-state index in [9.17, 15) is 14.4 Å². The van der Waals surface area contributed by atoms with Crippen molar-refractivity contribution in [3.8, 4) is 17.2 Å². The minimum Gasteiger partial charge on any atom is -0.497 e. The standard InChI is InChI=1S/C22H27N3O5S/c1-6-7-10-23-18(26)12-24-21-19(13(2)14(3)31-21)20(27)25(22(24)28)16-9-8-15(29-4)11-17(16)30-5/h8-9,11H,6-7,10,12H2,1-5H3,(H,23,26). The summed E-state index contributed by atoms with van der Waals surface area (Å²) in [7, 11) is 2.98. The van der Waals surface area contributed by atoms with Crippen LogP contribution in [-0.2, 0) is 11.3 Å². The minimum atomic E-state index is -0.590. The second-order valence-corrected chi connectivity index (χ2v) is 8.42. The van der Waals surface area contributed by atoms with Gasteiger partial charge in [0.1, 0.15) is 22.9 Å². The molecule has 8 nitrogen and oxygen atoms in total. The highest BCUT2D eigenvalue weighted by Gasteiger charge is 2.22. The zero-order chi connectivity index (χ0) is 22.7. The Bertz CT molecular complexity index is 1240. The Hall–Kier alpha value is -3.07. The van der Waals surface area contributed by atoms with Gasteiger partial charge >= 0.3 is 5.69 Å². The number of ether oxygens (including phenoxy) is 2. The van der Waals surface area contributed by atoms with E-state index in [0.717, 1.165) is 27.8 Å². The minimum absolute atomic E-state index is 0.169. The van der Waals surface area contributed by atoms with Crippen LogP contribution in [0.1, 0.15) is 30.2 Å². The van der Waals surface area contributed by atoms with E-state index in [0.29, 0.717) is 33.9 Å². The van der Waals surface area contributed by atoms with Gasteiger partial charge in [0, 0.05) is 17.5 Å². The Balaban J connectivity index is 2.26. The molecule has 1 amide bonds. The summed E-state index contributed by atoms with van der Waals surface area (Å²) >= 11 is 1.34. The lowest BCUT2D eigenvalue weighted by atomic mass is 10.2. The van der Waals surface area contributed by atoms with Crippen LogP contribution in [0.4, 0.5) is 0 Å². The molecule has 31 heavy (non-hydrogen) atoms. The van der Waals surface area contributed by atoms with Crippen molar-refractivity contribution >= 4 is 27.5 Å². The molecule has 0 saturated carbocycles. The molecular weight excluding hydrogens is 418 g/mol. The van der Waals surface area contributed by atoms with Gasteiger partial charge in [-0.1, -0.05) is 13.3 Å². The molecule has 0 aliphatic heterocycles. The van der Waals surface area contributed by atoms with E-state index >= 15 is 0 Å². The number of rotatable bonds is 8. The first kappa shape index (κ1) is 22.6. The molecule has 2 aromatic heterocycles. The van der Waals surface area contributed by atoms with Gasteiger partial charge in [-0.05, 0) is 38.0 Å². The van der Waals surface area contributed by atoms with Crippen molar-refractivity contribution in [2.24, 2.45) is 0 Å². The maximum absolute atomic E-state index is 13.5. The number of unbranched alkanes of at least 4 members (excludes halogenated alkanes) is 1. The Labute approximate surface area is 184 Å². The lowest BCUT2D eigenvalue weighted by molar-refractivity contribution is -0.121. The van der Waals surface area contributed by atoms with Gasteiger partial charge in [-0.2, -0.15) is 0 Å². The number of fused-ring (bicyclic) bond motifs is 1. The number of amides is 1. The molecule has 3 rings (SSSR count). The van der Waals surface area contributed by atoms with Crippen molar-refractivity contribution in [1.29, 1.82) is 0 Å². The van der Waals surface area contributed by atoms with Crippen LogP contribution in [0.5, 0.6) is 11.5 Å². The zero-order valence-electron chi connectivity index (χ0n) is 18.4. The largest absolute Gasteiger partial charge is 0.497 e. The lowest BCUT2D eigenvalue weighted by Crippen LogP contribution is -2.41. The third kappa shape index (κ3) is 4.23. The average molecular weight is 446 g/mol. The Morgan fingerprint density at radius 3 is 2.55 bits per heavy atom. The molecule has 0 unspecified atom stereocenters. The van der Waals surface area contributed by atoms with Crippen LogP contribution < -0.4 is 26.0 Å².